The molecule has 0 aliphatic heterocycles. The first-order valence-corrected chi connectivity index (χ1v) is 11.3. The zero-order valence-corrected chi connectivity index (χ0v) is 18.2. The van der Waals surface area contributed by atoms with Crippen LogP contribution in [0.25, 0.3) is 0 Å². The molecule has 0 saturated heterocycles. The van der Waals surface area contributed by atoms with E-state index in [-0.39, 0.29) is 0 Å². The molecule has 0 radical (unpaired) electrons. The van der Waals surface area contributed by atoms with Crippen molar-refractivity contribution < 1.29 is 0 Å². The second-order valence-corrected chi connectivity index (χ2v) is 9.16. The van der Waals surface area contributed by atoms with Crippen LogP contribution in [0, 0.1) is 0 Å². The maximum Gasteiger partial charge on any atom is 0.192 e. The van der Waals surface area contributed by atoms with Crippen molar-refractivity contribution in [2.45, 2.75) is 12.3 Å². The van der Waals surface area contributed by atoms with Gasteiger partial charge in [-0.15, -0.1) is 11.3 Å². The lowest BCUT2D eigenvalue weighted by Gasteiger charge is -2.16. The number of nitrogens with zero attached hydrogens (tertiary/aromatic N) is 5. The van der Waals surface area contributed by atoms with E-state index in [1.54, 1.807) is 6.20 Å². The lowest BCUT2D eigenvalue weighted by Crippen LogP contribution is -2.14. The van der Waals surface area contributed by atoms with Crippen molar-refractivity contribution in [1.82, 2.24) is 18.6 Å². The first-order chi connectivity index (χ1) is 13.1. The van der Waals surface area contributed by atoms with Gasteiger partial charge in [-0.05, 0) is 38.4 Å². The predicted molar refractivity (Wildman–Crippen MR) is 119 cm³/mol. The van der Waals surface area contributed by atoms with Crippen molar-refractivity contribution in [2.75, 3.05) is 43.7 Å². The summed E-state index contributed by atoms with van der Waals surface area (Å²) in [5, 5.41) is 3.40. The zero-order chi connectivity index (χ0) is 19.1. The van der Waals surface area contributed by atoms with E-state index in [4.69, 9.17) is 0 Å². The summed E-state index contributed by atoms with van der Waals surface area (Å²) in [5.41, 5.74) is 0. The fourth-order valence-corrected chi connectivity index (χ4v) is 5.15. The number of anilines is 3. The van der Waals surface area contributed by atoms with Gasteiger partial charge in [-0.2, -0.15) is 20.5 Å². The number of hydrogen-bond acceptors (Lipinski definition) is 9. The smallest absolute Gasteiger partial charge is 0.192 e. The standard InChI is InChI=1S/C18H24N6S3/c1-23(2)12-14-7-8-15(26-14)13-25-11-10-20-17-18(22-27-21-17)24(3)16-6-4-5-9-19-16/h4-9H,10-13H2,1-3H3,(H,20,21). The Morgan fingerprint density at radius 1 is 1.07 bits per heavy atom. The maximum atomic E-state index is 4.41. The average molecular weight is 421 g/mol. The van der Waals surface area contributed by atoms with E-state index in [0.717, 1.165) is 42.0 Å². The molecule has 0 aliphatic rings. The fourth-order valence-electron chi connectivity index (χ4n) is 2.49. The molecular formula is C18H24N6S3. The number of pyridine rings is 1. The van der Waals surface area contributed by atoms with Crippen LogP contribution in [0.4, 0.5) is 17.5 Å². The first kappa shape index (κ1) is 20.1. The Hall–Kier alpha value is -1.68. The Kier molecular flexibility index (Phi) is 7.45. The number of rotatable bonds is 10. The minimum Gasteiger partial charge on any atom is -0.365 e. The van der Waals surface area contributed by atoms with Crippen molar-refractivity contribution >= 4 is 52.3 Å². The Balaban J connectivity index is 1.44. The van der Waals surface area contributed by atoms with Gasteiger partial charge in [0.2, 0.25) is 0 Å². The quantitative estimate of drug-likeness (QED) is 0.494. The van der Waals surface area contributed by atoms with E-state index in [9.17, 15) is 0 Å². The molecule has 0 bridgehead atoms. The second-order valence-electron chi connectivity index (χ2n) is 6.27. The van der Waals surface area contributed by atoms with Crippen LogP contribution in [0.1, 0.15) is 9.75 Å². The lowest BCUT2D eigenvalue weighted by molar-refractivity contribution is 0.406. The fraction of sp³-hybridized carbons (Fsp3) is 0.389. The molecule has 3 aromatic heterocycles. The molecule has 0 aromatic carbocycles. The van der Waals surface area contributed by atoms with Gasteiger partial charge in [-0.3, -0.25) is 0 Å². The van der Waals surface area contributed by atoms with Gasteiger partial charge in [0.05, 0.1) is 11.7 Å². The molecule has 27 heavy (non-hydrogen) atoms. The summed E-state index contributed by atoms with van der Waals surface area (Å²) in [5.74, 6) is 4.56. The van der Waals surface area contributed by atoms with Crippen molar-refractivity contribution in [3.8, 4) is 0 Å². The van der Waals surface area contributed by atoms with Crippen LogP contribution in [-0.4, -0.2) is 52.1 Å². The lowest BCUT2D eigenvalue weighted by atomic mass is 10.4. The number of thioether (sulfide) groups is 1. The number of thiophene rings is 1. The molecule has 144 valence electrons. The number of aromatic nitrogens is 3. The summed E-state index contributed by atoms with van der Waals surface area (Å²) in [6.07, 6.45) is 1.78. The molecule has 0 atom stereocenters. The van der Waals surface area contributed by atoms with E-state index in [0.29, 0.717) is 0 Å². The summed E-state index contributed by atoms with van der Waals surface area (Å²) in [7, 11) is 6.17. The third-order valence-electron chi connectivity index (χ3n) is 3.75. The number of nitrogens with one attached hydrogen (secondary N) is 1. The predicted octanol–water partition coefficient (Wildman–Crippen LogP) is 4.17. The molecule has 0 amide bonds. The summed E-state index contributed by atoms with van der Waals surface area (Å²) in [4.78, 5) is 11.4. The van der Waals surface area contributed by atoms with Crippen molar-refractivity contribution in [3.63, 3.8) is 0 Å². The first-order valence-electron chi connectivity index (χ1n) is 8.64. The SMILES string of the molecule is CN(C)Cc1ccc(CSCCNc2nsnc2N(C)c2ccccn2)s1. The molecule has 0 aliphatic carbocycles. The Morgan fingerprint density at radius 3 is 2.70 bits per heavy atom. The molecular weight excluding hydrogens is 396 g/mol. The summed E-state index contributed by atoms with van der Waals surface area (Å²) in [6, 6.07) is 10.3. The van der Waals surface area contributed by atoms with Crippen LogP contribution in [0.2, 0.25) is 0 Å². The summed E-state index contributed by atoms with van der Waals surface area (Å²) in [6.45, 7) is 1.87. The van der Waals surface area contributed by atoms with Crippen LogP contribution in [0.3, 0.4) is 0 Å². The van der Waals surface area contributed by atoms with Gasteiger partial charge in [-0.25, -0.2) is 4.98 Å². The topological polar surface area (TPSA) is 57.2 Å². The van der Waals surface area contributed by atoms with Gasteiger partial charge in [-0.1, -0.05) is 6.07 Å². The van der Waals surface area contributed by atoms with Gasteiger partial charge >= 0.3 is 0 Å². The van der Waals surface area contributed by atoms with Crippen LogP contribution in [-0.2, 0) is 12.3 Å². The van der Waals surface area contributed by atoms with Crippen LogP contribution >= 0.6 is 34.8 Å². The van der Waals surface area contributed by atoms with Gasteiger partial charge < -0.3 is 15.1 Å². The molecule has 1 N–H and O–H groups in total. The largest absolute Gasteiger partial charge is 0.365 e. The van der Waals surface area contributed by atoms with E-state index in [1.165, 1.54) is 21.5 Å². The minimum atomic E-state index is 0.815. The van der Waals surface area contributed by atoms with Gasteiger partial charge in [0.15, 0.2) is 11.6 Å². The molecule has 3 rings (SSSR count). The third-order valence-corrected chi connectivity index (χ3v) is 6.53. The van der Waals surface area contributed by atoms with Gasteiger partial charge in [0, 0.05) is 47.6 Å². The monoisotopic (exact) mass is 420 g/mol. The average Bonchev–Trinajstić information content (AvgIpc) is 3.30. The number of hydrogen-bond donors (Lipinski definition) is 1. The Morgan fingerprint density at radius 2 is 1.93 bits per heavy atom. The normalized spacial score (nSPS) is 11.1. The molecule has 0 fully saturated rings. The molecule has 9 heteroatoms. The molecule has 6 nitrogen and oxygen atoms in total. The third kappa shape index (κ3) is 5.90. The molecule has 3 heterocycles. The van der Waals surface area contributed by atoms with Crippen molar-refractivity contribution in [2.24, 2.45) is 0 Å². The van der Waals surface area contributed by atoms with Crippen LogP contribution in [0.5, 0.6) is 0 Å². The molecule has 0 unspecified atom stereocenters. The molecule has 0 saturated carbocycles. The van der Waals surface area contributed by atoms with Crippen LogP contribution in [0.15, 0.2) is 36.5 Å². The highest BCUT2D eigenvalue weighted by Crippen LogP contribution is 2.27. The Bertz CT molecular complexity index is 817. The summed E-state index contributed by atoms with van der Waals surface area (Å²) < 4.78 is 8.80. The van der Waals surface area contributed by atoms with E-state index >= 15 is 0 Å². The maximum absolute atomic E-state index is 4.41. The zero-order valence-electron chi connectivity index (χ0n) is 15.8. The minimum absolute atomic E-state index is 0.815. The van der Waals surface area contributed by atoms with Crippen molar-refractivity contribution in [1.29, 1.82) is 0 Å². The summed E-state index contributed by atoms with van der Waals surface area (Å²) >= 11 is 5.05. The van der Waals surface area contributed by atoms with Crippen molar-refractivity contribution in [3.05, 3.63) is 46.3 Å². The van der Waals surface area contributed by atoms with E-state index < -0.39 is 0 Å². The van der Waals surface area contributed by atoms with E-state index in [1.807, 2.05) is 53.2 Å². The highest BCUT2D eigenvalue weighted by atomic mass is 32.2. The second kappa shape index (κ2) is 10.0. The Labute approximate surface area is 173 Å². The van der Waals surface area contributed by atoms with E-state index in [2.05, 4.69) is 50.2 Å². The molecule has 3 aromatic rings. The van der Waals surface area contributed by atoms with Crippen LogP contribution < -0.4 is 10.2 Å². The highest BCUT2D eigenvalue weighted by molar-refractivity contribution is 7.98. The molecule has 0 spiro atoms. The van der Waals surface area contributed by atoms with Gasteiger partial charge in [0.25, 0.3) is 0 Å². The van der Waals surface area contributed by atoms with Gasteiger partial charge in [0.1, 0.15) is 5.82 Å². The highest BCUT2D eigenvalue weighted by Gasteiger charge is 2.14.